The van der Waals surface area contributed by atoms with Gasteiger partial charge in [-0.2, -0.15) is 0 Å². The number of benzene rings is 2. The lowest BCUT2D eigenvalue weighted by atomic mass is 10.1. The van der Waals surface area contributed by atoms with Gasteiger partial charge in [0.2, 0.25) is 0 Å². The van der Waals surface area contributed by atoms with E-state index in [0.29, 0.717) is 12.5 Å². The van der Waals surface area contributed by atoms with Gasteiger partial charge in [0.15, 0.2) is 5.96 Å². The lowest BCUT2D eigenvalue weighted by molar-refractivity contribution is 0.415. The number of anilines is 1. The van der Waals surface area contributed by atoms with Gasteiger partial charge in [-0.15, -0.1) is 0 Å². The maximum Gasteiger partial charge on any atom is 0.196 e. The van der Waals surface area contributed by atoms with Crippen LogP contribution < -0.4 is 15.4 Å². The lowest BCUT2D eigenvalue weighted by Crippen LogP contribution is -2.36. The van der Waals surface area contributed by atoms with Crippen LogP contribution in [-0.4, -0.2) is 19.6 Å². The molecule has 2 N–H and O–H groups in total. The molecule has 0 radical (unpaired) electrons. The fraction of sp³-hybridized carbons (Fsp3) is 0.188. The monoisotopic (exact) mass is 345 g/mol. The molecule has 0 aliphatic carbocycles. The molecule has 0 fully saturated rings. The van der Waals surface area contributed by atoms with E-state index >= 15 is 0 Å². The number of aliphatic imine (C=N–C) groups is 1. The molecule has 1 heterocycles. The van der Waals surface area contributed by atoms with Crippen molar-refractivity contribution in [2.45, 2.75) is 6.04 Å². The molecule has 4 nitrogen and oxygen atoms in total. The van der Waals surface area contributed by atoms with Crippen LogP contribution in [0.5, 0.6) is 5.75 Å². The normalized spacial score (nSPS) is 17.7. The zero-order valence-corrected chi connectivity index (χ0v) is 13.2. The van der Waals surface area contributed by atoms with Crippen LogP contribution in [0.25, 0.3) is 0 Å². The van der Waals surface area contributed by atoms with Crippen molar-refractivity contribution in [2.75, 3.05) is 18.6 Å². The molecule has 1 aliphatic rings. The highest BCUT2D eigenvalue weighted by Crippen LogP contribution is 2.32. The summed E-state index contributed by atoms with van der Waals surface area (Å²) in [7, 11) is 1.66. The second kappa shape index (κ2) is 5.77. The average molecular weight is 346 g/mol. The van der Waals surface area contributed by atoms with Gasteiger partial charge in [0, 0.05) is 10.2 Å². The highest BCUT2D eigenvalue weighted by Gasteiger charge is 2.28. The van der Waals surface area contributed by atoms with Crippen molar-refractivity contribution in [3.63, 3.8) is 0 Å². The first-order chi connectivity index (χ1) is 10.2. The Bertz CT molecular complexity index is 652. The molecule has 0 bridgehead atoms. The minimum Gasteiger partial charge on any atom is -0.497 e. The zero-order valence-electron chi connectivity index (χ0n) is 11.7. The standard InChI is InChI=1S/C16H16BrN3O/c1-21-14-8-6-13(7-9-14)20-15(10-19-16(20)18)11-2-4-12(17)5-3-11/h2-9,15H,10H2,1H3,(H2,18,19). The quantitative estimate of drug-likeness (QED) is 0.928. The van der Waals surface area contributed by atoms with E-state index in [0.717, 1.165) is 15.9 Å². The molecule has 0 saturated carbocycles. The summed E-state index contributed by atoms with van der Waals surface area (Å²) >= 11 is 3.46. The molecule has 5 heteroatoms. The SMILES string of the molecule is COc1ccc(N2C(N)=NCC2c2ccc(Br)cc2)cc1. The summed E-state index contributed by atoms with van der Waals surface area (Å²) in [4.78, 5) is 6.45. The first kappa shape index (κ1) is 13.9. The second-order valence-corrected chi connectivity index (χ2v) is 5.75. The van der Waals surface area contributed by atoms with Crippen LogP contribution in [0.2, 0.25) is 0 Å². The number of hydrogen-bond acceptors (Lipinski definition) is 4. The van der Waals surface area contributed by atoms with Crippen molar-refractivity contribution in [1.29, 1.82) is 0 Å². The third-order valence-corrected chi connectivity index (χ3v) is 4.12. The van der Waals surface area contributed by atoms with E-state index in [4.69, 9.17) is 10.5 Å². The summed E-state index contributed by atoms with van der Waals surface area (Å²) in [5.74, 6) is 1.38. The van der Waals surface area contributed by atoms with E-state index in [1.54, 1.807) is 7.11 Å². The molecule has 108 valence electrons. The highest BCUT2D eigenvalue weighted by atomic mass is 79.9. The smallest absolute Gasteiger partial charge is 0.196 e. The van der Waals surface area contributed by atoms with Gasteiger partial charge in [-0.3, -0.25) is 4.99 Å². The Hall–Kier alpha value is -2.01. The molecule has 1 unspecified atom stereocenters. The Morgan fingerprint density at radius 2 is 1.81 bits per heavy atom. The number of ether oxygens (including phenoxy) is 1. The third kappa shape index (κ3) is 2.74. The summed E-state index contributed by atoms with van der Waals surface area (Å²) in [5.41, 5.74) is 8.28. The largest absolute Gasteiger partial charge is 0.497 e. The Labute approximate surface area is 132 Å². The van der Waals surface area contributed by atoms with Crippen LogP contribution in [-0.2, 0) is 0 Å². The molecule has 0 aromatic heterocycles. The van der Waals surface area contributed by atoms with E-state index in [1.165, 1.54) is 5.56 Å². The van der Waals surface area contributed by atoms with E-state index in [-0.39, 0.29) is 6.04 Å². The van der Waals surface area contributed by atoms with Gasteiger partial charge >= 0.3 is 0 Å². The molecule has 1 atom stereocenters. The number of rotatable bonds is 3. The van der Waals surface area contributed by atoms with Crippen molar-refractivity contribution < 1.29 is 4.74 Å². The minimum absolute atomic E-state index is 0.131. The summed E-state index contributed by atoms with van der Waals surface area (Å²) in [6.07, 6.45) is 0. The molecule has 2 aromatic carbocycles. The van der Waals surface area contributed by atoms with Gasteiger partial charge in [-0.1, -0.05) is 28.1 Å². The zero-order chi connectivity index (χ0) is 14.8. The Balaban J connectivity index is 1.93. The Kier molecular flexibility index (Phi) is 3.84. The molecule has 0 spiro atoms. The van der Waals surface area contributed by atoms with Crippen LogP contribution in [0, 0.1) is 0 Å². The van der Waals surface area contributed by atoms with Crippen molar-refractivity contribution >= 4 is 27.6 Å². The van der Waals surface area contributed by atoms with Crippen LogP contribution in [0.1, 0.15) is 11.6 Å². The van der Waals surface area contributed by atoms with Crippen LogP contribution in [0.15, 0.2) is 58.0 Å². The fourth-order valence-electron chi connectivity index (χ4n) is 2.49. The molecular formula is C16H16BrN3O. The van der Waals surface area contributed by atoms with Gasteiger partial charge in [0.25, 0.3) is 0 Å². The number of guanidine groups is 1. The Morgan fingerprint density at radius 1 is 1.14 bits per heavy atom. The molecule has 1 aliphatic heterocycles. The highest BCUT2D eigenvalue weighted by molar-refractivity contribution is 9.10. The predicted molar refractivity (Wildman–Crippen MR) is 88.8 cm³/mol. The fourth-order valence-corrected chi connectivity index (χ4v) is 2.76. The molecule has 0 saturated heterocycles. The van der Waals surface area contributed by atoms with Crippen molar-refractivity contribution in [2.24, 2.45) is 10.7 Å². The minimum atomic E-state index is 0.131. The number of hydrogen-bond donors (Lipinski definition) is 1. The van der Waals surface area contributed by atoms with Gasteiger partial charge in [0.1, 0.15) is 5.75 Å². The molecule has 21 heavy (non-hydrogen) atoms. The maximum atomic E-state index is 6.07. The number of nitrogens with zero attached hydrogens (tertiary/aromatic N) is 2. The van der Waals surface area contributed by atoms with Crippen molar-refractivity contribution in [3.05, 3.63) is 58.6 Å². The van der Waals surface area contributed by atoms with Crippen LogP contribution >= 0.6 is 15.9 Å². The first-order valence-electron chi connectivity index (χ1n) is 6.67. The topological polar surface area (TPSA) is 50.9 Å². The molecule has 2 aromatic rings. The molecule has 3 rings (SSSR count). The van der Waals surface area contributed by atoms with Crippen molar-refractivity contribution in [1.82, 2.24) is 0 Å². The van der Waals surface area contributed by atoms with E-state index in [1.807, 2.05) is 36.4 Å². The average Bonchev–Trinajstić information content (AvgIpc) is 2.90. The van der Waals surface area contributed by atoms with E-state index < -0.39 is 0 Å². The third-order valence-electron chi connectivity index (χ3n) is 3.59. The summed E-state index contributed by atoms with van der Waals surface area (Å²) in [5, 5.41) is 0. The summed E-state index contributed by atoms with van der Waals surface area (Å²) in [6.45, 7) is 0.666. The maximum absolute atomic E-state index is 6.07. The lowest BCUT2D eigenvalue weighted by Gasteiger charge is -2.26. The molecular weight excluding hydrogens is 330 g/mol. The van der Waals surface area contributed by atoms with Gasteiger partial charge in [-0.25, -0.2) is 0 Å². The second-order valence-electron chi connectivity index (χ2n) is 4.83. The number of halogens is 1. The van der Waals surface area contributed by atoms with Crippen LogP contribution in [0.4, 0.5) is 5.69 Å². The van der Waals surface area contributed by atoms with E-state index in [2.05, 4.69) is 38.0 Å². The number of methoxy groups -OCH3 is 1. The van der Waals surface area contributed by atoms with E-state index in [9.17, 15) is 0 Å². The summed E-state index contributed by atoms with van der Waals surface area (Å²) < 4.78 is 6.26. The predicted octanol–water partition coefficient (Wildman–Crippen LogP) is 3.33. The van der Waals surface area contributed by atoms with Crippen LogP contribution in [0.3, 0.4) is 0 Å². The summed E-state index contributed by atoms with van der Waals surface area (Å²) in [6, 6.07) is 16.3. The van der Waals surface area contributed by atoms with Gasteiger partial charge in [0.05, 0.1) is 19.7 Å². The molecule has 0 amide bonds. The van der Waals surface area contributed by atoms with Gasteiger partial charge in [-0.05, 0) is 42.0 Å². The van der Waals surface area contributed by atoms with Gasteiger partial charge < -0.3 is 15.4 Å². The first-order valence-corrected chi connectivity index (χ1v) is 7.47. The van der Waals surface area contributed by atoms with Crippen molar-refractivity contribution in [3.8, 4) is 5.75 Å². The Morgan fingerprint density at radius 3 is 2.43 bits per heavy atom. The number of nitrogens with two attached hydrogens (primary N) is 1.